The van der Waals surface area contributed by atoms with Gasteiger partial charge in [-0.3, -0.25) is 4.79 Å². The van der Waals surface area contributed by atoms with Gasteiger partial charge in [0.05, 0.1) is 5.75 Å². The molecule has 0 bridgehead atoms. The van der Waals surface area contributed by atoms with Crippen molar-refractivity contribution in [3.8, 4) is 0 Å². The van der Waals surface area contributed by atoms with E-state index in [9.17, 15) is 13.2 Å². The van der Waals surface area contributed by atoms with Crippen LogP contribution in [0.4, 0.5) is 0 Å². The van der Waals surface area contributed by atoms with Gasteiger partial charge in [0.2, 0.25) is 0 Å². The Morgan fingerprint density at radius 1 is 1.31 bits per heavy atom. The molecule has 94 valence electrons. The SMILES string of the molecule is C[C@@H]1CCCS(=O)(=O)[C@H]1C(=O)OC(C)(C)C. The first-order chi connectivity index (χ1) is 7.13. The second-order valence-corrected chi connectivity index (χ2v) is 7.68. The standard InChI is InChI=1S/C11H20O4S/c1-8-6-5-7-16(13,14)9(8)10(12)15-11(2,3)4/h8-9H,5-7H2,1-4H3/t8-,9-/m1/s1. The van der Waals surface area contributed by atoms with Crippen molar-refractivity contribution in [3.05, 3.63) is 0 Å². The predicted octanol–water partition coefficient (Wildman–Crippen LogP) is 1.54. The van der Waals surface area contributed by atoms with E-state index < -0.39 is 26.7 Å². The van der Waals surface area contributed by atoms with Crippen molar-refractivity contribution >= 4 is 15.8 Å². The van der Waals surface area contributed by atoms with Gasteiger partial charge in [0, 0.05) is 0 Å². The number of hydrogen-bond acceptors (Lipinski definition) is 4. The van der Waals surface area contributed by atoms with Crippen LogP contribution in [0.3, 0.4) is 0 Å². The Hall–Kier alpha value is -0.580. The second-order valence-electron chi connectivity index (χ2n) is 5.44. The van der Waals surface area contributed by atoms with Crippen molar-refractivity contribution < 1.29 is 17.9 Å². The van der Waals surface area contributed by atoms with E-state index >= 15 is 0 Å². The van der Waals surface area contributed by atoms with Crippen molar-refractivity contribution in [1.82, 2.24) is 0 Å². The van der Waals surface area contributed by atoms with Gasteiger partial charge in [-0.05, 0) is 39.5 Å². The molecule has 16 heavy (non-hydrogen) atoms. The summed E-state index contributed by atoms with van der Waals surface area (Å²) in [5.41, 5.74) is -0.635. The molecular formula is C11H20O4S. The highest BCUT2D eigenvalue weighted by atomic mass is 32.2. The van der Waals surface area contributed by atoms with Crippen LogP contribution >= 0.6 is 0 Å². The van der Waals surface area contributed by atoms with E-state index in [1.807, 2.05) is 0 Å². The summed E-state index contributed by atoms with van der Waals surface area (Å²) in [7, 11) is -3.32. The zero-order valence-corrected chi connectivity index (χ0v) is 11.1. The van der Waals surface area contributed by atoms with Crippen LogP contribution in [0, 0.1) is 5.92 Å². The molecule has 0 spiro atoms. The van der Waals surface area contributed by atoms with Crippen molar-refractivity contribution in [2.75, 3.05) is 5.75 Å². The fourth-order valence-electron chi connectivity index (χ4n) is 1.98. The summed E-state index contributed by atoms with van der Waals surface area (Å²) in [6.45, 7) is 7.02. The molecule has 1 aliphatic heterocycles. The van der Waals surface area contributed by atoms with E-state index in [2.05, 4.69) is 0 Å². The first-order valence-corrected chi connectivity index (χ1v) is 7.29. The summed E-state index contributed by atoms with van der Waals surface area (Å²) in [4.78, 5) is 11.8. The molecule has 0 N–H and O–H groups in total. The summed E-state index contributed by atoms with van der Waals surface area (Å²) in [5, 5.41) is -0.972. The molecule has 1 aliphatic rings. The Bertz CT molecular complexity index is 364. The molecule has 0 saturated carbocycles. The van der Waals surface area contributed by atoms with E-state index in [-0.39, 0.29) is 11.7 Å². The summed E-state index contributed by atoms with van der Waals surface area (Å²) in [6, 6.07) is 0. The molecule has 0 amide bonds. The third-order valence-electron chi connectivity index (χ3n) is 2.63. The Morgan fingerprint density at radius 3 is 2.31 bits per heavy atom. The van der Waals surface area contributed by atoms with Gasteiger partial charge < -0.3 is 4.74 Å². The molecule has 0 radical (unpaired) electrons. The zero-order chi connectivity index (χ0) is 12.6. The van der Waals surface area contributed by atoms with E-state index in [1.165, 1.54) is 0 Å². The van der Waals surface area contributed by atoms with Crippen molar-refractivity contribution in [1.29, 1.82) is 0 Å². The number of hydrogen-bond donors (Lipinski definition) is 0. The number of rotatable bonds is 1. The van der Waals surface area contributed by atoms with Gasteiger partial charge in [0.15, 0.2) is 15.1 Å². The molecule has 0 aromatic rings. The van der Waals surface area contributed by atoms with Gasteiger partial charge >= 0.3 is 5.97 Å². The summed E-state index contributed by atoms with van der Waals surface area (Å²) >= 11 is 0. The molecular weight excluding hydrogens is 228 g/mol. The third kappa shape index (κ3) is 3.20. The summed E-state index contributed by atoms with van der Waals surface area (Å²) in [6.07, 6.45) is 1.41. The Morgan fingerprint density at radius 2 is 1.88 bits per heavy atom. The topological polar surface area (TPSA) is 60.4 Å². The molecule has 1 heterocycles. The number of carbonyl (C=O) groups is 1. The normalized spacial score (nSPS) is 29.8. The lowest BCUT2D eigenvalue weighted by atomic mass is 10.0. The minimum absolute atomic E-state index is 0.0985. The highest BCUT2D eigenvalue weighted by Gasteiger charge is 2.42. The van der Waals surface area contributed by atoms with Crippen molar-refractivity contribution in [3.63, 3.8) is 0 Å². The fourth-order valence-corrected chi connectivity index (χ4v) is 3.99. The minimum Gasteiger partial charge on any atom is -0.459 e. The lowest BCUT2D eigenvalue weighted by Gasteiger charge is -2.30. The van der Waals surface area contributed by atoms with Crippen LogP contribution in [0.2, 0.25) is 0 Å². The largest absolute Gasteiger partial charge is 0.459 e. The Balaban J connectivity index is 2.88. The van der Waals surface area contributed by atoms with Crippen LogP contribution in [0.15, 0.2) is 0 Å². The number of sulfone groups is 1. The smallest absolute Gasteiger partial charge is 0.325 e. The molecule has 1 rings (SSSR count). The third-order valence-corrected chi connectivity index (χ3v) is 4.92. The van der Waals surface area contributed by atoms with Gasteiger partial charge in [-0.1, -0.05) is 6.92 Å². The number of ether oxygens (including phenoxy) is 1. The maximum atomic E-state index is 11.8. The predicted molar refractivity (Wildman–Crippen MR) is 61.8 cm³/mol. The van der Waals surface area contributed by atoms with E-state index in [1.54, 1.807) is 27.7 Å². The quantitative estimate of drug-likeness (QED) is 0.660. The molecule has 0 aliphatic carbocycles. The zero-order valence-electron chi connectivity index (χ0n) is 10.3. The van der Waals surface area contributed by atoms with E-state index in [0.717, 1.165) is 6.42 Å². The summed E-state index contributed by atoms with van der Waals surface area (Å²) < 4.78 is 28.8. The highest BCUT2D eigenvalue weighted by molar-refractivity contribution is 7.92. The van der Waals surface area contributed by atoms with Crippen LogP contribution in [0.5, 0.6) is 0 Å². The average molecular weight is 248 g/mol. The van der Waals surface area contributed by atoms with Crippen LogP contribution in [-0.4, -0.2) is 31.0 Å². The average Bonchev–Trinajstić information content (AvgIpc) is 1.97. The first kappa shape index (κ1) is 13.5. The molecule has 5 heteroatoms. The molecule has 1 saturated heterocycles. The summed E-state index contributed by atoms with van der Waals surface area (Å²) in [5.74, 6) is -0.644. The lowest BCUT2D eigenvalue weighted by Crippen LogP contribution is -2.44. The maximum Gasteiger partial charge on any atom is 0.325 e. The molecule has 0 unspecified atom stereocenters. The van der Waals surface area contributed by atoms with Gasteiger partial charge in [-0.25, -0.2) is 8.42 Å². The van der Waals surface area contributed by atoms with Crippen LogP contribution in [-0.2, 0) is 19.4 Å². The first-order valence-electron chi connectivity index (χ1n) is 5.58. The molecule has 4 nitrogen and oxygen atoms in total. The van der Waals surface area contributed by atoms with Crippen LogP contribution in [0.1, 0.15) is 40.5 Å². The van der Waals surface area contributed by atoms with Crippen LogP contribution < -0.4 is 0 Å². The Kier molecular flexibility index (Phi) is 3.67. The van der Waals surface area contributed by atoms with Gasteiger partial charge in [-0.2, -0.15) is 0 Å². The van der Waals surface area contributed by atoms with Crippen molar-refractivity contribution in [2.24, 2.45) is 5.92 Å². The van der Waals surface area contributed by atoms with Crippen molar-refractivity contribution in [2.45, 2.75) is 51.4 Å². The Labute approximate surface area is 97.3 Å². The minimum atomic E-state index is -3.32. The lowest BCUT2D eigenvalue weighted by molar-refractivity contribution is -0.155. The number of esters is 1. The maximum absolute atomic E-state index is 11.8. The van der Waals surface area contributed by atoms with E-state index in [0.29, 0.717) is 6.42 Å². The monoisotopic (exact) mass is 248 g/mol. The fraction of sp³-hybridized carbons (Fsp3) is 0.909. The molecule has 2 atom stereocenters. The molecule has 0 aromatic heterocycles. The second kappa shape index (κ2) is 4.35. The van der Waals surface area contributed by atoms with E-state index in [4.69, 9.17) is 4.74 Å². The van der Waals surface area contributed by atoms with Gasteiger partial charge in [0.1, 0.15) is 5.60 Å². The number of carbonyl (C=O) groups excluding carboxylic acids is 1. The molecule has 1 fully saturated rings. The van der Waals surface area contributed by atoms with Gasteiger partial charge in [0.25, 0.3) is 0 Å². The van der Waals surface area contributed by atoms with Crippen LogP contribution in [0.25, 0.3) is 0 Å². The van der Waals surface area contributed by atoms with Gasteiger partial charge in [-0.15, -0.1) is 0 Å². The highest BCUT2D eigenvalue weighted by Crippen LogP contribution is 2.27. The molecule has 0 aromatic carbocycles.